The van der Waals surface area contributed by atoms with Crippen LogP contribution in [-0.2, 0) is 7.05 Å². The summed E-state index contributed by atoms with van der Waals surface area (Å²) in [5.74, 6) is 0. The Kier molecular flexibility index (Phi) is 4.57. The van der Waals surface area contributed by atoms with Crippen molar-refractivity contribution in [2.24, 2.45) is 12.5 Å². The molecule has 0 amide bonds. The van der Waals surface area contributed by atoms with Crippen LogP contribution in [0.1, 0.15) is 27.7 Å². The van der Waals surface area contributed by atoms with Crippen LogP contribution in [-0.4, -0.2) is 0 Å². The topological polar surface area (TPSA) is 3.88 Å². The molecule has 1 heterocycles. The van der Waals surface area contributed by atoms with Crippen LogP contribution in [0, 0.1) is 5.41 Å². The Morgan fingerprint density at radius 2 is 1.17 bits per heavy atom. The molecule has 0 unspecified atom stereocenters. The lowest BCUT2D eigenvalue weighted by Gasteiger charge is -2.05. The van der Waals surface area contributed by atoms with E-state index in [4.69, 9.17) is 0 Å². The lowest BCUT2D eigenvalue weighted by molar-refractivity contribution is -0.671. The van der Waals surface area contributed by atoms with Gasteiger partial charge in [-0.1, -0.05) is 33.8 Å². The maximum Gasteiger partial charge on any atom is 0.168 e. The van der Waals surface area contributed by atoms with Gasteiger partial charge in [-0.2, -0.15) is 0 Å². The van der Waals surface area contributed by atoms with Crippen LogP contribution < -0.4 is 4.57 Å². The number of rotatable bonds is 0. The van der Waals surface area contributed by atoms with E-state index in [1.54, 1.807) is 0 Å². The number of nitrogens with zero attached hydrogens (tertiary/aromatic N) is 1. The molecule has 1 rings (SSSR count). The van der Waals surface area contributed by atoms with E-state index in [2.05, 4.69) is 27.7 Å². The lowest BCUT2D eigenvalue weighted by Crippen LogP contribution is -2.25. The smallest absolute Gasteiger partial charge is 0.168 e. The molecular formula is C11H20N+. The van der Waals surface area contributed by atoms with Gasteiger partial charge in [-0.3, -0.25) is 0 Å². The van der Waals surface area contributed by atoms with Crippen molar-refractivity contribution in [1.29, 1.82) is 0 Å². The molecule has 1 aromatic rings. The van der Waals surface area contributed by atoms with Gasteiger partial charge in [0.25, 0.3) is 0 Å². The molecule has 0 saturated carbocycles. The highest BCUT2D eigenvalue weighted by Crippen LogP contribution is 2.07. The first kappa shape index (κ1) is 11.2. The summed E-state index contributed by atoms with van der Waals surface area (Å²) in [5.41, 5.74) is 0.500. The minimum absolute atomic E-state index is 0.500. The Bertz CT molecular complexity index is 190. The van der Waals surface area contributed by atoms with Crippen LogP contribution in [0.3, 0.4) is 0 Å². The molecule has 0 aliphatic heterocycles. The maximum atomic E-state index is 2.19. The fourth-order valence-corrected chi connectivity index (χ4v) is 0.485. The van der Waals surface area contributed by atoms with Crippen LogP contribution in [0.5, 0.6) is 0 Å². The Hall–Kier alpha value is -0.850. The summed E-state index contributed by atoms with van der Waals surface area (Å²) in [4.78, 5) is 0. The van der Waals surface area contributed by atoms with E-state index in [9.17, 15) is 0 Å². The minimum atomic E-state index is 0.500. The first-order chi connectivity index (χ1) is 5.39. The van der Waals surface area contributed by atoms with Gasteiger partial charge in [0.1, 0.15) is 7.05 Å². The predicted octanol–water partition coefficient (Wildman–Crippen LogP) is 2.56. The molecule has 1 aromatic heterocycles. The monoisotopic (exact) mass is 166 g/mol. The minimum Gasteiger partial charge on any atom is -0.208 e. The Morgan fingerprint density at radius 1 is 0.833 bits per heavy atom. The fourth-order valence-electron chi connectivity index (χ4n) is 0.485. The van der Waals surface area contributed by atoms with Gasteiger partial charge in [-0.15, -0.1) is 0 Å². The summed E-state index contributed by atoms with van der Waals surface area (Å²) in [6.07, 6.45) is 4.00. The Labute approximate surface area is 76.1 Å². The van der Waals surface area contributed by atoms with E-state index in [1.807, 2.05) is 42.2 Å². The molecule has 0 radical (unpaired) electrons. The molecule has 0 spiro atoms. The molecular weight excluding hydrogens is 146 g/mol. The molecule has 0 saturated heterocycles. The van der Waals surface area contributed by atoms with Gasteiger partial charge < -0.3 is 0 Å². The summed E-state index contributed by atoms with van der Waals surface area (Å²) in [7, 11) is 2.00. The zero-order chi connectivity index (χ0) is 9.61. The largest absolute Gasteiger partial charge is 0.208 e. The summed E-state index contributed by atoms with van der Waals surface area (Å²) >= 11 is 0. The second kappa shape index (κ2) is 4.91. The van der Waals surface area contributed by atoms with Gasteiger partial charge in [0.05, 0.1) is 0 Å². The predicted molar refractivity (Wildman–Crippen MR) is 52.7 cm³/mol. The first-order valence-electron chi connectivity index (χ1n) is 4.30. The molecule has 1 nitrogen and oxygen atoms in total. The van der Waals surface area contributed by atoms with Crippen LogP contribution in [0.2, 0.25) is 0 Å². The standard InChI is InChI=1S/C6H8N.C5H12/c1-7-5-3-2-4-6-7;1-5(2,3)4/h2-6H,1H3;1-4H3/q+1;. The summed E-state index contributed by atoms with van der Waals surface area (Å²) in [6, 6.07) is 6.00. The van der Waals surface area contributed by atoms with Gasteiger partial charge in [0.15, 0.2) is 12.4 Å². The average Bonchev–Trinajstić information content (AvgIpc) is 1.85. The summed E-state index contributed by atoms with van der Waals surface area (Å²) < 4.78 is 2.00. The molecule has 12 heavy (non-hydrogen) atoms. The second-order valence-electron chi connectivity index (χ2n) is 4.54. The number of hydrogen-bond acceptors (Lipinski definition) is 0. The van der Waals surface area contributed by atoms with Gasteiger partial charge in [-0.25, -0.2) is 4.57 Å². The normalized spacial score (nSPS) is 10.1. The third-order valence-corrected chi connectivity index (χ3v) is 0.865. The summed E-state index contributed by atoms with van der Waals surface area (Å²) in [5, 5.41) is 0. The van der Waals surface area contributed by atoms with Crippen LogP contribution in [0.25, 0.3) is 0 Å². The highest BCUT2D eigenvalue weighted by molar-refractivity contribution is 4.83. The van der Waals surface area contributed by atoms with Crippen LogP contribution in [0.4, 0.5) is 0 Å². The molecule has 0 atom stereocenters. The van der Waals surface area contributed by atoms with Crippen molar-refractivity contribution in [3.63, 3.8) is 0 Å². The lowest BCUT2D eigenvalue weighted by atomic mass is 10.0. The van der Waals surface area contributed by atoms with Crippen molar-refractivity contribution < 1.29 is 4.57 Å². The number of pyridine rings is 1. The molecule has 0 aromatic carbocycles. The zero-order valence-electron chi connectivity index (χ0n) is 8.83. The highest BCUT2D eigenvalue weighted by atomic mass is 14.9. The van der Waals surface area contributed by atoms with Gasteiger partial charge in [-0.05, 0) is 5.41 Å². The quantitative estimate of drug-likeness (QED) is 0.521. The van der Waals surface area contributed by atoms with E-state index in [-0.39, 0.29) is 0 Å². The van der Waals surface area contributed by atoms with E-state index in [1.165, 1.54) is 0 Å². The van der Waals surface area contributed by atoms with Crippen LogP contribution >= 0.6 is 0 Å². The zero-order valence-corrected chi connectivity index (χ0v) is 8.83. The first-order valence-corrected chi connectivity index (χ1v) is 4.30. The van der Waals surface area contributed by atoms with Gasteiger partial charge in [0.2, 0.25) is 0 Å². The molecule has 0 fully saturated rings. The van der Waals surface area contributed by atoms with Gasteiger partial charge >= 0.3 is 0 Å². The van der Waals surface area contributed by atoms with E-state index >= 15 is 0 Å². The number of aromatic nitrogens is 1. The van der Waals surface area contributed by atoms with Crippen molar-refractivity contribution in [2.45, 2.75) is 27.7 Å². The Morgan fingerprint density at radius 3 is 1.33 bits per heavy atom. The molecule has 1 heteroatoms. The SMILES string of the molecule is CC(C)(C)C.C[n+]1ccccc1. The molecule has 0 bridgehead atoms. The van der Waals surface area contributed by atoms with Crippen LogP contribution in [0.15, 0.2) is 30.6 Å². The van der Waals surface area contributed by atoms with Crippen molar-refractivity contribution in [1.82, 2.24) is 0 Å². The molecule has 0 aliphatic carbocycles. The van der Waals surface area contributed by atoms with E-state index < -0.39 is 0 Å². The number of aryl methyl sites for hydroxylation is 1. The van der Waals surface area contributed by atoms with Gasteiger partial charge in [0, 0.05) is 12.1 Å². The number of hydrogen-bond donors (Lipinski definition) is 0. The maximum absolute atomic E-state index is 2.19. The second-order valence-corrected chi connectivity index (χ2v) is 4.54. The molecule has 0 N–H and O–H groups in total. The molecule has 0 aliphatic rings. The third kappa shape index (κ3) is 11.9. The van der Waals surface area contributed by atoms with E-state index in [0.29, 0.717) is 5.41 Å². The van der Waals surface area contributed by atoms with Crippen molar-refractivity contribution >= 4 is 0 Å². The highest BCUT2D eigenvalue weighted by Gasteiger charge is 1.95. The van der Waals surface area contributed by atoms with Crippen molar-refractivity contribution in [3.8, 4) is 0 Å². The third-order valence-electron chi connectivity index (χ3n) is 0.865. The van der Waals surface area contributed by atoms with Crippen molar-refractivity contribution in [3.05, 3.63) is 30.6 Å². The average molecular weight is 166 g/mol. The summed E-state index contributed by atoms with van der Waals surface area (Å²) in [6.45, 7) is 8.75. The fraction of sp³-hybridized carbons (Fsp3) is 0.545. The Balaban J connectivity index is 0.000000217. The van der Waals surface area contributed by atoms with Crippen molar-refractivity contribution in [2.75, 3.05) is 0 Å². The molecule has 68 valence electrons. The van der Waals surface area contributed by atoms with E-state index in [0.717, 1.165) is 0 Å².